The lowest BCUT2D eigenvalue weighted by Crippen LogP contribution is -2.28. The summed E-state index contributed by atoms with van der Waals surface area (Å²) in [5, 5.41) is 4.34. The monoisotopic (exact) mass is 440 g/mol. The Hall–Kier alpha value is -3.65. The summed E-state index contributed by atoms with van der Waals surface area (Å²) in [6, 6.07) is 14.9. The van der Waals surface area contributed by atoms with E-state index in [2.05, 4.69) is 20.5 Å². The normalized spacial score (nSPS) is 10.9. The van der Waals surface area contributed by atoms with Gasteiger partial charge in [0.05, 0.1) is 11.2 Å². The second-order valence-electron chi connectivity index (χ2n) is 6.77. The van der Waals surface area contributed by atoms with Crippen LogP contribution in [0.25, 0.3) is 0 Å². The van der Waals surface area contributed by atoms with Gasteiger partial charge in [0.2, 0.25) is 5.91 Å². The van der Waals surface area contributed by atoms with Gasteiger partial charge in [-0.25, -0.2) is 10.2 Å². The van der Waals surface area contributed by atoms with Crippen molar-refractivity contribution in [1.29, 1.82) is 0 Å². The molecular formula is C22H21ClN4O4. The Morgan fingerprint density at radius 2 is 1.94 bits per heavy atom. The van der Waals surface area contributed by atoms with E-state index < -0.39 is 11.2 Å². The van der Waals surface area contributed by atoms with E-state index in [1.54, 1.807) is 25.1 Å². The highest BCUT2D eigenvalue weighted by Gasteiger charge is 2.09. The molecule has 0 saturated heterocycles. The summed E-state index contributed by atoms with van der Waals surface area (Å²) in [6.45, 7) is 2.01. The maximum atomic E-state index is 12.0. The van der Waals surface area contributed by atoms with Crippen LogP contribution in [-0.2, 0) is 17.8 Å². The predicted octanol–water partition coefficient (Wildman–Crippen LogP) is 2.69. The molecule has 1 aromatic heterocycles. The number of amides is 1. The number of aromatic nitrogens is 2. The van der Waals surface area contributed by atoms with Gasteiger partial charge in [0.15, 0.2) is 0 Å². The number of carbonyl (C=O) groups is 1. The number of hydrazone groups is 1. The van der Waals surface area contributed by atoms with Gasteiger partial charge in [-0.3, -0.25) is 14.6 Å². The second-order valence-corrected chi connectivity index (χ2v) is 7.18. The molecule has 1 amide bonds. The van der Waals surface area contributed by atoms with E-state index in [4.69, 9.17) is 16.3 Å². The van der Waals surface area contributed by atoms with Crippen LogP contribution < -0.4 is 21.4 Å². The van der Waals surface area contributed by atoms with Gasteiger partial charge in [-0.15, -0.1) is 0 Å². The van der Waals surface area contributed by atoms with Crippen LogP contribution in [0.2, 0.25) is 5.02 Å². The summed E-state index contributed by atoms with van der Waals surface area (Å²) < 4.78 is 5.72. The first-order valence-electron chi connectivity index (χ1n) is 9.52. The van der Waals surface area contributed by atoms with Gasteiger partial charge in [-0.1, -0.05) is 41.9 Å². The van der Waals surface area contributed by atoms with E-state index in [1.165, 1.54) is 6.21 Å². The summed E-state index contributed by atoms with van der Waals surface area (Å²) in [6.07, 6.45) is 1.68. The average Bonchev–Trinajstić information content (AvgIpc) is 2.73. The molecule has 0 fully saturated rings. The van der Waals surface area contributed by atoms with Crippen LogP contribution >= 0.6 is 11.6 Å². The van der Waals surface area contributed by atoms with Crippen LogP contribution in [0.5, 0.6) is 5.75 Å². The van der Waals surface area contributed by atoms with Crippen molar-refractivity contribution < 1.29 is 9.53 Å². The molecule has 3 N–H and O–H groups in total. The van der Waals surface area contributed by atoms with Crippen molar-refractivity contribution in [1.82, 2.24) is 15.4 Å². The third-order valence-corrected chi connectivity index (χ3v) is 4.75. The fraction of sp³-hybridized carbons (Fsp3) is 0.182. The minimum absolute atomic E-state index is 0.0420. The number of carbonyl (C=O) groups excluding carboxylic acids is 1. The number of nitrogens with zero attached hydrogens (tertiary/aromatic N) is 1. The lowest BCUT2D eigenvalue weighted by molar-refractivity contribution is -0.121. The Morgan fingerprint density at radius 1 is 1.16 bits per heavy atom. The van der Waals surface area contributed by atoms with Crippen LogP contribution in [-0.4, -0.2) is 22.1 Å². The predicted molar refractivity (Wildman–Crippen MR) is 119 cm³/mol. The van der Waals surface area contributed by atoms with Gasteiger partial charge in [0.25, 0.3) is 5.56 Å². The maximum absolute atomic E-state index is 12.0. The summed E-state index contributed by atoms with van der Waals surface area (Å²) >= 11 is 6.26. The number of aromatic amines is 2. The molecule has 0 unspecified atom stereocenters. The third-order valence-electron chi connectivity index (χ3n) is 4.45. The van der Waals surface area contributed by atoms with Gasteiger partial charge < -0.3 is 9.72 Å². The average molecular weight is 441 g/mol. The summed E-state index contributed by atoms with van der Waals surface area (Å²) in [5.74, 6) is 0.184. The second kappa shape index (κ2) is 10.4. The number of H-pyrrole nitrogens is 2. The Labute approximate surface area is 182 Å². The number of rotatable bonds is 8. The van der Waals surface area contributed by atoms with Crippen molar-refractivity contribution in [2.75, 3.05) is 0 Å². The van der Waals surface area contributed by atoms with Gasteiger partial charge in [-0.05, 0) is 42.7 Å². The molecule has 1 heterocycles. The van der Waals surface area contributed by atoms with Gasteiger partial charge in [0, 0.05) is 17.7 Å². The van der Waals surface area contributed by atoms with Gasteiger partial charge >= 0.3 is 5.69 Å². The zero-order valence-electron chi connectivity index (χ0n) is 16.8. The van der Waals surface area contributed by atoms with Crippen molar-refractivity contribution in [3.63, 3.8) is 0 Å². The van der Waals surface area contributed by atoms with Crippen molar-refractivity contribution >= 4 is 23.7 Å². The van der Waals surface area contributed by atoms with Crippen molar-refractivity contribution in [3.05, 3.63) is 96.8 Å². The first kappa shape index (κ1) is 22.0. The number of nitrogens with one attached hydrogen (secondary N) is 3. The summed E-state index contributed by atoms with van der Waals surface area (Å²) in [5.41, 5.74) is 3.85. The summed E-state index contributed by atoms with van der Waals surface area (Å²) in [4.78, 5) is 39.6. The molecule has 0 aliphatic carbocycles. The Bertz CT molecular complexity index is 1200. The van der Waals surface area contributed by atoms with Crippen molar-refractivity contribution in [2.24, 2.45) is 5.10 Å². The fourth-order valence-corrected chi connectivity index (χ4v) is 3.09. The van der Waals surface area contributed by atoms with Crippen LogP contribution in [0.3, 0.4) is 0 Å². The van der Waals surface area contributed by atoms with Gasteiger partial charge in [0.1, 0.15) is 12.4 Å². The summed E-state index contributed by atoms with van der Waals surface area (Å²) in [7, 11) is 0. The molecule has 0 aliphatic rings. The Balaban J connectivity index is 1.51. The van der Waals surface area contributed by atoms with Gasteiger partial charge in [-0.2, -0.15) is 5.10 Å². The van der Waals surface area contributed by atoms with E-state index >= 15 is 0 Å². The topological polar surface area (TPSA) is 116 Å². The minimum atomic E-state index is -0.574. The molecule has 0 saturated carbocycles. The quantitative estimate of drug-likeness (QED) is 0.369. The zero-order valence-corrected chi connectivity index (χ0v) is 17.5. The molecular weight excluding hydrogens is 420 g/mol. The van der Waals surface area contributed by atoms with E-state index in [1.807, 2.05) is 30.3 Å². The molecule has 0 aliphatic heterocycles. The number of hydrogen-bond acceptors (Lipinski definition) is 5. The first-order valence-corrected chi connectivity index (χ1v) is 9.90. The molecule has 160 valence electrons. The van der Waals surface area contributed by atoms with E-state index in [0.29, 0.717) is 34.2 Å². The number of halogens is 1. The SMILES string of the molecule is Cc1[nH]c(=O)[nH]c(=O)c1CCC(=O)N/N=C/c1ccc(OCc2ccccc2)c(Cl)c1. The lowest BCUT2D eigenvalue weighted by atomic mass is 10.1. The highest BCUT2D eigenvalue weighted by Crippen LogP contribution is 2.25. The smallest absolute Gasteiger partial charge is 0.325 e. The lowest BCUT2D eigenvalue weighted by Gasteiger charge is -2.08. The zero-order chi connectivity index (χ0) is 22.2. The van der Waals surface area contributed by atoms with E-state index in [0.717, 1.165) is 5.56 Å². The fourth-order valence-electron chi connectivity index (χ4n) is 2.85. The van der Waals surface area contributed by atoms with Crippen LogP contribution in [0, 0.1) is 6.92 Å². The molecule has 3 aromatic rings. The van der Waals surface area contributed by atoms with Crippen LogP contribution in [0.4, 0.5) is 0 Å². The van der Waals surface area contributed by atoms with Crippen molar-refractivity contribution in [3.8, 4) is 5.75 Å². The molecule has 31 heavy (non-hydrogen) atoms. The van der Waals surface area contributed by atoms with Crippen LogP contribution in [0.15, 0.2) is 63.2 Å². The molecule has 2 aromatic carbocycles. The maximum Gasteiger partial charge on any atom is 0.325 e. The van der Waals surface area contributed by atoms with E-state index in [-0.39, 0.29) is 18.7 Å². The largest absolute Gasteiger partial charge is 0.487 e. The molecule has 0 spiro atoms. The number of aryl methyl sites for hydroxylation is 1. The standard InChI is InChI=1S/C22H21ClN4O4/c1-14-17(21(29)26-22(30)25-14)8-10-20(28)27-24-12-16-7-9-19(18(23)11-16)31-13-15-5-3-2-4-6-15/h2-7,9,11-12H,8,10,13H2,1H3,(H,27,28)(H2,25,26,29,30)/b24-12+. The molecule has 9 heteroatoms. The van der Waals surface area contributed by atoms with Crippen molar-refractivity contribution in [2.45, 2.75) is 26.4 Å². The Kier molecular flexibility index (Phi) is 7.40. The molecule has 3 rings (SSSR count). The highest BCUT2D eigenvalue weighted by atomic mass is 35.5. The highest BCUT2D eigenvalue weighted by molar-refractivity contribution is 6.32. The Morgan fingerprint density at radius 3 is 2.65 bits per heavy atom. The molecule has 0 radical (unpaired) electrons. The third kappa shape index (κ3) is 6.42. The number of hydrogen-bond donors (Lipinski definition) is 3. The molecule has 0 bridgehead atoms. The number of benzene rings is 2. The van der Waals surface area contributed by atoms with E-state index in [9.17, 15) is 14.4 Å². The minimum Gasteiger partial charge on any atom is -0.487 e. The number of ether oxygens (including phenoxy) is 1. The molecule has 8 nitrogen and oxygen atoms in total. The first-order chi connectivity index (χ1) is 14.9. The molecule has 0 atom stereocenters. The van der Waals surface area contributed by atoms with Crippen LogP contribution in [0.1, 0.15) is 28.8 Å².